The number of nitrogens with one attached hydrogen (secondary N) is 1. The lowest BCUT2D eigenvalue weighted by Gasteiger charge is -2.10. The highest BCUT2D eigenvalue weighted by molar-refractivity contribution is 6.31. The second-order valence-corrected chi connectivity index (χ2v) is 5.70. The van der Waals surface area contributed by atoms with Crippen LogP contribution < -0.4 is 15.7 Å². The molecule has 2 aromatic carbocycles. The number of benzene rings is 2. The summed E-state index contributed by atoms with van der Waals surface area (Å²) in [6, 6.07) is 13.1. The van der Waals surface area contributed by atoms with E-state index in [0.717, 1.165) is 17.0 Å². The normalized spacial score (nSPS) is 10.6. The number of rotatable bonds is 5. The molecule has 0 bridgehead atoms. The van der Waals surface area contributed by atoms with Gasteiger partial charge in [-0.25, -0.2) is 4.79 Å². The Morgan fingerprint density at radius 2 is 1.96 bits per heavy atom. The van der Waals surface area contributed by atoms with Crippen LogP contribution in [0.25, 0.3) is 5.69 Å². The van der Waals surface area contributed by atoms with Crippen molar-refractivity contribution in [3.63, 3.8) is 0 Å². The van der Waals surface area contributed by atoms with Gasteiger partial charge in [-0.3, -0.25) is 4.57 Å². The molecular formula is C17H17ClN4O2. The van der Waals surface area contributed by atoms with E-state index in [2.05, 4.69) is 10.4 Å². The zero-order chi connectivity index (χ0) is 17.1. The van der Waals surface area contributed by atoms with Crippen molar-refractivity contribution in [1.82, 2.24) is 14.3 Å². The molecule has 0 atom stereocenters. The largest absolute Gasteiger partial charge is 0.497 e. The topological polar surface area (TPSA) is 61.1 Å². The van der Waals surface area contributed by atoms with Crippen molar-refractivity contribution in [3.8, 4) is 11.4 Å². The lowest BCUT2D eigenvalue weighted by Crippen LogP contribution is -2.21. The third kappa shape index (κ3) is 3.28. The van der Waals surface area contributed by atoms with E-state index in [1.807, 2.05) is 36.4 Å². The van der Waals surface area contributed by atoms with Crippen molar-refractivity contribution in [1.29, 1.82) is 0 Å². The van der Waals surface area contributed by atoms with Gasteiger partial charge in [0.2, 0.25) is 0 Å². The van der Waals surface area contributed by atoms with Gasteiger partial charge in [-0.2, -0.15) is 9.78 Å². The smallest absolute Gasteiger partial charge is 0.350 e. The van der Waals surface area contributed by atoms with E-state index < -0.39 is 0 Å². The summed E-state index contributed by atoms with van der Waals surface area (Å²) in [6.07, 6.45) is 1.49. The Hall–Kier alpha value is -2.73. The average molecular weight is 345 g/mol. The number of methoxy groups -OCH3 is 1. The monoisotopic (exact) mass is 344 g/mol. The molecule has 124 valence electrons. The first kappa shape index (κ1) is 16.1. The van der Waals surface area contributed by atoms with E-state index in [4.69, 9.17) is 16.3 Å². The van der Waals surface area contributed by atoms with Crippen LogP contribution in [0.4, 0.5) is 5.69 Å². The fourth-order valence-corrected chi connectivity index (χ4v) is 2.51. The highest BCUT2D eigenvalue weighted by Crippen LogP contribution is 2.23. The summed E-state index contributed by atoms with van der Waals surface area (Å²) in [6.45, 7) is 0.589. The minimum atomic E-state index is -0.180. The van der Waals surface area contributed by atoms with Crippen LogP contribution in [0.1, 0.15) is 5.56 Å². The van der Waals surface area contributed by atoms with Crippen molar-refractivity contribution in [2.45, 2.75) is 6.54 Å². The van der Waals surface area contributed by atoms with Gasteiger partial charge in [0.1, 0.15) is 12.1 Å². The van der Waals surface area contributed by atoms with Gasteiger partial charge in [-0.05, 0) is 42.0 Å². The number of anilines is 1. The Bertz CT molecular complexity index is 900. The Morgan fingerprint density at radius 1 is 1.21 bits per heavy atom. The predicted octanol–water partition coefficient (Wildman–Crippen LogP) is 2.85. The van der Waals surface area contributed by atoms with E-state index in [-0.39, 0.29) is 5.69 Å². The van der Waals surface area contributed by atoms with Gasteiger partial charge in [-0.15, -0.1) is 0 Å². The van der Waals surface area contributed by atoms with Crippen LogP contribution in [-0.2, 0) is 13.6 Å². The van der Waals surface area contributed by atoms with Crippen LogP contribution in [0.15, 0.2) is 53.6 Å². The highest BCUT2D eigenvalue weighted by Gasteiger charge is 2.05. The molecule has 0 spiro atoms. The summed E-state index contributed by atoms with van der Waals surface area (Å²) in [7, 11) is 3.28. The number of aryl methyl sites for hydroxylation is 1. The van der Waals surface area contributed by atoms with Crippen LogP contribution in [0.5, 0.6) is 5.75 Å². The first-order valence-electron chi connectivity index (χ1n) is 7.36. The Kier molecular flexibility index (Phi) is 4.57. The van der Waals surface area contributed by atoms with Crippen LogP contribution in [0, 0.1) is 0 Å². The second-order valence-electron chi connectivity index (χ2n) is 5.29. The number of hydrogen-bond donors (Lipinski definition) is 1. The molecule has 3 rings (SSSR count). The quantitative estimate of drug-likeness (QED) is 0.773. The van der Waals surface area contributed by atoms with Gasteiger partial charge in [0, 0.05) is 24.3 Å². The average Bonchev–Trinajstić information content (AvgIpc) is 2.93. The number of nitrogens with zero attached hydrogens (tertiary/aromatic N) is 3. The molecule has 0 fully saturated rings. The number of ether oxygens (including phenoxy) is 1. The second kappa shape index (κ2) is 6.80. The van der Waals surface area contributed by atoms with Gasteiger partial charge in [0.05, 0.1) is 12.8 Å². The van der Waals surface area contributed by atoms with Gasteiger partial charge < -0.3 is 10.1 Å². The number of hydrogen-bond acceptors (Lipinski definition) is 4. The molecule has 6 nitrogen and oxygen atoms in total. The van der Waals surface area contributed by atoms with E-state index in [0.29, 0.717) is 17.3 Å². The Morgan fingerprint density at radius 3 is 2.54 bits per heavy atom. The zero-order valence-electron chi connectivity index (χ0n) is 13.4. The minimum Gasteiger partial charge on any atom is -0.497 e. The summed E-state index contributed by atoms with van der Waals surface area (Å²) in [4.78, 5) is 11.9. The molecule has 7 heteroatoms. The van der Waals surface area contributed by atoms with E-state index in [1.54, 1.807) is 20.2 Å². The molecular weight excluding hydrogens is 328 g/mol. The Labute approximate surface area is 144 Å². The zero-order valence-corrected chi connectivity index (χ0v) is 14.1. The summed E-state index contributed by atoms with van der Waals surface area (Å²) >= 11 is 6.23. The molecule has 3 aromatic rings. The van der Waals surface area contributed by atoms with Crippen molar-refractivity contribution in [2.75, 3.05) is 12.4 Å². The van der Waals surface area contributed by atoms with Gasteiger partial charge in [0.25, 0.3) is 0 Å². The minimum absolute atomic E-state index is 0.180. The van der Waals surface area contributed by atoms with E-state index in [1.165, 1.54) is 15.6 Å². The molecule has 0 radical (unpaired) electrons. The molecule has 1 heterocycles. The SMILES string of the molecule is COc1ccc(CNc2ccc(-n3ncn(C)c3=O)cc2)c(Cl)c1. The maximum Gasteiger partial charge on any atom is 0.350 e. The number of aromatic nitrogens is 3. The summed E-state index contributed by atoms with van der Waals surface area (Å²) in [5.74, 6) is 0.730. The lowest BCUT2D eigenvalue weighted by molar-refractivity contribution is 0.414. The van der Waals surface area contributed by atoms with Crippen molar-refractivity contribution in [2.24, 2.45) is 7.05 Å². The van der Waals surface area contributed by atoms with Crippen molar-refractivity contribution >= 4 is 17.3 Å². The van der Waals surface area contributed by atoms with Crippen LogP contribution in [0.3, 0.4) is 0 Å². The summed E-state index contributed by atoms with van der Waals surface area (Å²) in [5, 5.41) is 8.01. The standard InChI is InChI=1S/C17H17ClN4O2/c1-21-11-20-22(17(21)23)14-6-4-13(5-7-14)19-10-12-3-8-15(24-2)9-16(12)18/h3-9,11,19H,10H2,1-2H3. The molecule has 0 aliphatic heterocycles. The van der Waals surface area contributed by atoms with E-state index in [9.17, 15) is 4.79 Å². The van der Waals surface area contributed by atoms with Gasteiger partial charge in [0.15, 0.2) is 0 Å². The first-order valence-corrected chi connectivity index (χ1v) is 7.73. The third-order valence-corrected chi connectivity index (χ3v) is 4.03. The molecule has 0 aliphatic rings. The lowest BCUT2D eigenvalue weighted by atomic mass is 10.2. The molecule has 24 heavy (non-hydrogen) atoms. The highest BCUT2D eigenvalue weighted by atomic mass is 35.5. The maximum atomic E-state index is 11.9. The summed E-state index contributed by atoms with van der Waals surface area (Å²) in [5.41, 5.74) is 2.44. The fraction of sp³-hybridized carbons (Fsp3) is 0.176. The molecule has 1 aromatic heterocycles. The Balaban J connectivity index is 1.71. The van der Waals surface area contributed by atoms with Gasteiger partial charge >= 0.3 is 5.69 Å². The van der Waals surface area contributed by atoms with Crippen molar-refractivity contribution < 1.29 is 4.74 Å². The molecule has 0 saturated heterocycles. The third-order valence-electron chi connectivity index (χ3n) is 3.68. The number of halogens is 1. The molecule has 0 saturated carbocycles. The van der Waals surface area contributed by atoms with Crippen LogP contribution in [-0.4, -0.2) is 21.5 Å². The maximum absolute atomic E-state index is 11.9. The van der Waals surface area contributed by atoms with E-state index >= 15 is 0 Å². The molecule has 1 N–H and O–H groups in total. The van der Waals surface area contributed by atoms with Gasteiger partial charge in [-0.1, -0.05) is 17.7 Å². The molecule has 0 unspecified atom stereocenters. The van der Waals surface area contributed by atoms with Crippen LogP contribution >= 0.6 is 11.6 Å². The first-order chi connectivity index (χ1) is 11.6. The molecule has 0 aliphatic carbocycles. The molecule has 0 amide bonds. The van der Waals surface area contributed by atoms with Crippen molar-refractivity contribution in [3.05, 3.63) is 69.9 Å². The predicted molar refractivity (Wildman–Crippen MR) is 94.1 cm³/mol. The van der Waals surface area contributed by atoms with Crippen LogP contribution in [0.2, 0.25) is 5.02 Å². The fourth-order valence-electron chi connectivity index (χ4n) is 2.27. The summed E-state index contributed by atoms with van der Waals surface area (Å²) < 4.78 is 7.92.